The van der Waals surface area contributed by atoms with Crippen LogP contribution in [0.5, 0.6) is 0 Å². The summed E-state index contributed by atoms with van der Waals surface area (Å²) >= 11 is 0. The molecule has 4 aromatic rings. The monoisotopic (exact) mass is 347 g/mol. The van der Waals surface area contributed by atoms with Crippen LogP contribution in [-0.2, 0) is 0 Å². The first-order valence-electron chi connectivity index (χ1n) is 8.57. The van der Waals surface area contributed by atoms with Gasteiger partial charge in [-0.2, -0.15) is 14.7 Å². The van der Waals surface area contributed by atoms with Gasteiger partial charge in [-0.1, -0.05) is 0 Å². The average molecular weight is 347 g/mol. The lowest BCUT2D eigenvalue weighted by atomic mass is 10.1. The van der Waals surface area contributed by atoms with Crippen molar-refractivity contribution >= 4 is 5.65 Å². The average Bonchev–Trinajstić information content (AvgIpc) is 3.17. The maximum absolute atomic E-state index is 12.8. The van der Waals surface area contributed by atoms with E-state index in [1.54, 1.807) is 23.3 Å². The van der Waals surface area contributed by atoms with E-state index in [2.05, 4.69) is 25.1 Å². The highest BCUT2D eigenvalue weighted by Crippen LogP contribution is 2.39. The summed E-state index contributed by atoms with van der Waals surface area (Å²) in [7, 11) is 0. The first-order valence-corrected chi connectivity index (χ1v) is 8.57. The Balaban J connectivity index is 1.63. The third-order valence-corrected chi connectivity index (χ3v) is 4.77. The van der Waals surface area contributed by atoms with Crippen LogP contribution in [0.3, 0.4) is 0 Å². The minimum absolute atomic E-state index is 0.0283. The third-order valence-electron chi connectivity index (χ3n) is 4.77. The molecule has 0 atom stereocenters. The lowest BCUT2D eigenvalue weighted by molar-refractivity contribution is 0.801. The number of rotatable bonds is 3. The Kier molecular flexibility index (Phi) is 3.09. The molecule has 1 N–H and O–H groups in total. The highest BCUT2D eigenvalue weighted by atomic mass is 16.1. The van der Waals surface area contributed by atoms with Gasteiger partial charge < -0.3 is 4.98 Å². The van der Waals surface area contributed by atoms with Crippen LogP contribution in [0.1, 0.15) is 35.7 Å². The maximum Gasteiger partial charge on any atom is 0.278 e. The molecule has 0 unspecified atom stereocenters. The van der Waals surface area contributed by atoms with Crippen molar-refractivity contribution in [2.24, 2.45) is 0 Å². The Morgan fingerprint density at radius 2 is 2.04 bits per heavy atom. The second-order valence-electron chi connectivity index (χ2n) is 6.73. The molecule has 0 radical (unpaired) electrons. The summed E-state index contributed by atoms with van der Waals surface area (Å²) in [5.41, 5.74) is 4.97. The molecule has 0 saturated heterocycles. The molecule has 8 heteroatoms. The van der Waals surface area contributed by atoms with Crippen molar-refractivity contribution in [3.8, 4) is 17.1 Å². The molecule has 8 nitrogen and oxygen atoms in total. The van der Waals surface area contributed by atoms with Crippen LogP contribution in [0, 0.1) is 13.8 Å². The molecule has 4 heterocycles. The standard InChI is InChI=1S/C18H17N7O/c1-10-5-6-19-18(22-10)24-9-13(7-20-24)14-8-21-25-16(14)23-11(2)15(17(25)26)12-3-4-12/h5-9,12,23H,3-4H2,1-2H3. The van der Waals surface area contributed by atoms with Crippen LogP contribution in [-0.4, -0.2) is 34.3 Å². The fourth-order valence-corrected chi connectivity index (χ4v) is 3.32. The predicted octanol–water partition coefficient (Wildman–Crippen LogP) is 2.16. The van der Waals surface area contributed by atoms with Gasteiger partial charge in [-0.3, -0.25) is 4.79 Å². The molecule has 0 aliphatic heterocycles. The van der Waals surface area contributed by atoms with Crippen LogP contribution in [0.4, 0.5) is 0 Å². The zero-order valence-electron chi connectivity index (χ0n) is 14.5. The fraction of sp³-hybridized carbons (Fsp3) is 0.278. The van der Waals surface area contributed by atoms with Crippen LogP contribution >= 0.6 is 0 Å². The number of aromatic amines is 1. The first-order chi connectivity index (χ1) is 12.6. The second-order valence-corrected chi connectivity index (χ2v) is 6.73. The summed E-state index contributed by atoms with van der Waals surface area (Å²) < 4.78 is 3.08. The van der Waals surface area contributed by atoms with E-state index in [0.29, 0.717) is 17.5 Å². The molecule has 0 spiro atoms. The van der Waals surface area contributed by atoms with E-state index >= 15 is 0 Å². The lowest BCUT2D eigenvalue weighted by Crippen LogP contribution is -2.21. The molecule has 1 aliphatic carbocycles. The molecule has 1 fully saturated rings. The smallest absolute Gasteiger partial charge is 0.278 e. The Labute approximate surface area is 148 Å². The Morgan fingerprint density at radius 1 is 1.19 bits per heavy atom. The summed E-state index contributed by atoms with van der Waals surface area (Å²) in [6.07, 6.45) is 9.12. The van der Waals surface area contributed by atoms with E-state index in [0.717, 1.165) is 40.9 Å². The molecule has 1 saturated carbocycles. The number of fused-ring (bicyclic) bond motifs is 1. The van der Waals surface area contributed by atoms with Crippen molar-refractivity contribution in [3.63, 3.8) is 0 Å². The molecule has 5 rings (SSSR count). The molecule has 0 aromatic carbocycles. The van der Waals surface area contributed by atoms with Crippen molar-refractivity contribution in [3.05, 3.63) is 58.2 Å². The first kappa shape index (κ1) is 15.0. The zero-order valence-corrected chi connectivity index (χ0v) is 14.5. The van der Waals surface area contributed by atoms with E-state index in [-0.39, 0.29) is 5.56 Å². The van der Waals surface area contributed by atoms with E-state index in [1.807, 2.05) is 26.1 Å². The quantitative estimate of drug-likeness (QED) is 0.613. The largest absolute Gasteiger partial charge is 0.343 e. The molecule has 26 heavy (non-hydrogen) atoms. The van der Waals surface area contributed by atoms with Gasteiger partial charge in [0.05, 0.1) is 12.4 Å². The number of hydrogen-bond donors (Lipinski definition) is 1. The Bertz CT molecular complexity index is 1200. The molecule has 0 bridgehead atoms. The number of hydrogen-bond acceptors (Lipinski definition) is 5. The Morgan fingerprint density at radius 3 is 2.81 bits per heavy atom. The van der Waals surface area contributed by atoms with Crippen LogP contribution in [0.2, 0.25) is 0 Å². The molecule has 4 aromatic heterocycles. The summed E-state index contributed by atoms with van der Waals surface area (Å²) in [6, 6.07) is 1.84. The van der Waals surface area contributed by atoms with Gasteiger partial charge in [0.25, 0.3) is 11.5 Å². The normalized spacial score (nSPS) is 14.2. The van der Waals surface area contributed by atoms with E-state index in [1.165, 1.54) is 4.52 Å². The summed E-state index contributed by atoms with van der Waals surface area (Å²) in [5, 5.41) is 8.66. The molecular formula is C18H17N7O. The van der Waals surface area contributed by atoms with E-state index in [4.69, 9.17) is 0 Å². The van der Waals surface area contributed by atoms with Crippen LogP contribution in [0.15, 0.2) is 35.6 Å². The van der Waals surface area contributed by atoms with Crippen LogP contribution in [0.25, 0.3) is 22.7 Å². The molecule has 1 aliphatic rings. The topological polar surface area (TPSA) is 93.8 Å². The zero-order chi connectivity index (χ0) is 17.8. The van der Waals surface area contributed by atoms with Crippen molar-refractivity contribution in [2.45, 2.75) is 32.6 Å². The van der Waals surface area contributed by atoms with Gasteiger partial charge >= 0.3 is 0 Å². The number of aromatic nitrogens is 7. The van der Waals surface area contributed by atoms with E-state index < -0.39 is 0 Å². The summed E-state index contributed by atoms with van der Waals surface area (Å²) in [4.78, 5) is 24.8. The highest BCUT2D eigenvalue weighted by Gasteiger charge is 2.29. The molecule has 0 amide bonds. The number of nitrogens with one attached hydrogen (secondary N) is 1. The number of aryl methyl sites for hydroxylation is 2. The van der Waals surface area contributed by atoms with Gasteiger partial charge in [0.15, 0.2) is 0 Å². The van der Waals surface area contributed by atoms with Crippen molar-refractivity contribution < 1.29 is 0 Å². The maximum atomic E-state index is 12.8. The van der Waals surface area contributed by atoms with Gasteiger partial charge in [0, 0.05) is 40.5 Å². The number of H-pyrrole nitrogens is 1. The third kappa shape index (κ3) is 2.26. The van der Waals surface area contributed by atoms with Crippen molar-refractivity contribution in [2.75, 3.05) is 0 Å². The van der Waals surface area contributed by atoms with E-state index in [9.17, 15) is 4.79 Å². The van der Waals surface area contributed by atoms with Crippen LogP contribution < -0.4 is 5.56 Å². The van der Waals surface area contributed by atoms with Gasteiger partial charge in [-0.15, -0.1) is 0 Å². The number of nitrogens with zero attached hydrogens (tertiary/aromatic N) is 6. The predicted molar refractivity (Wildman–Crippen MR) is 95.4 cm³/mol. The fourth-order valence-electron chi connectivity index (χ4n) is 3.32. The van der Waals surface area contributed by atoms with Gasteiger partial charge in [0.1, 0.15) is 5.65 Å². The second kappa shape index (κ2) is 5.35. The molecule has 130 valence electrons. The summed E-state index contributed by atoms with van der Waals surface area (Å²) in [5.74, 6) is 0.880. The lowest BCUT2D eigenvalue weighted by Gasteiger charge is -2.05. The van der Waals surface area contributed by atoms with Gasteiger partial charge in [0.2, 0.25) is 0 Å². The van der Waals surface area contributed by atoms with Gasteiger partial charge in [-0.05, 0) is 38.7 Å². The highest BCUT2D eigenvalue weighted by molar-refractivity contribution is 5.76. The minimum Gasteiger partial charge on any atom is -0.343 e. The Hall–Kier alpha value is -3.29. The van der Waals surface area contributed by atoms with Crippen molar-refractivity contribution in [1.29, 1.82) is 0 Å². The summed E-state index contributed by atoms with van der Waals surface area (Å²) in [6.45, 7) is 3.86. The minimum atomic E-state index is -0.0283. The van der Waals surface area contributed by atoms with Gasteiger partial charge in [-0.25, -0.2) is 14.6 Å². The van der Waals surface area contributed by atoms with Crippen molar-refractivity contribution in [1.82, 2.24) is 34.3 Å². The molecular weight excluding hydrogens is 330 g/mol. The SMILES string of the molecule is Cc1ccnc(-n2cc(-c3cnn4c(=O)c(C5CC5)c(C)[nH]c34)cn2)n1.